The minimum absolute atomic E-state index is 0.486. The Morgan fingerprint density at radius 2 is 1.86 bits per heavy atom. The quantitative estimate of drug-likeness (QED) is 0.728. The first-order valence-electron chi connectivity index (χ1n) is 8.14. The fourth-order valence-electron chi connectivity index (χ4n) is 2.51. The first-order valence-corrected chi connectivity index (χ1v) is 8.14. The van der Waals surface area contributed by atoms with E-state index in [1.807, 2.05) is 24.4 Å². The van der Waals surface area contributed by atoms with Gasteiger partial charge in [0.1, 0.15) is 0 Å². The molecule has 0 spiro atoms. The molecule has 0 radical (unpaired) electrons. The minimum Gasteiger partial charge on any atom is -0.397 e. The molecule has 0 aliphatic rings. The summed E-state index contributed by atoms with van der Waals surface area (Å²) < 4.78 is 0. The Hall–Kier alpha value is -1.94. The van der Waals surface area contributed by atoms with E-state index in [1.54, 1.807) is 6.20 Å². The first kappa shape index (κ1) is 16.4. The van der Waals surface area contributed by atoms with E-state index in [0.717, 1.165) is 41.0 Å². The number of anilines is 1. The second-order valence-corrected chi connectivity index (χ2v) is 5.68. The van der Waals surface area contributed by atoms with Gasteiger partial charge in [0.15, 0.2) is 0 Å². The highest BCUT2D eigenvalue weighted by molar-refractivity contribution is 5.61. The molecule has 2 heterocycles. The number of nitrogen functional groups attached to an aromatic ring is 1. The van der Waals surface area contributed by atoms with Gasteiger partial charge < -0.3 is 11.5 Å². The Morgan fingerprint density at radius 1 is 1.05 bits per heavy atom. The molecule has 0 bridgehead atoms. The van der Waals surface area contributed by atoms with Crippen LogP contribution in [0.3, 0.4) is 0 Å². The van der Waals surface area contributed by atoms with E-state index in [0.29, 0.717) is 6.54 Å². The number of aryl methyl sites for hydroxylation is 1. The van der Waals surface area contributed by atoms with E-state index in [1.165, 1.54) is 25.7 Å². The highest BCUT2D eigenvalue weighted by Crippen LogP contribution is 2.22. The molecule has 0 amide bonds. The molecule has 0 aromatic carbocycles. The Bertz CT molecular complexity index is 595. The molecule has 118 valence electrons. The van der Waals surface area contributed by atoms with E-state index in [-0.39, 0.29) is 0 Å². The van der Waals surface area contributed by atoms with Gasteiger partial charge in [-0.15, -0.1) is 0 Å². The van der Waals surface area contributed by atoms with Crippen molar-refractivity contribution in [2.75, 3.05) is 5.73 Å². The fourth-order valence-corrected chi connectivity index (χ4v) is 2.51. The first-order chi connectivity index (χ1) is 10.7. The van der Waals surface area contributed by atoms with E-state index in [9.17, 15) is 0 Å². The maximum Gasteiger partial charge on any atom is 0.0722 e. The second-order valence-electron chi connectivity index (χ2n) is 5.68. The van der Waals surface area contributed by atoms with Crippen LogP contribution in [0.4, 0.5) is 5.69 Å². The molecule has 4 nitrogen and oxygen atoms in total. The molecular formula is C18H26N4. The number of unbranched alkanes of at least 4 members (excludes halogenated alkanes) is 4. The third-order valence-corrected chi connectivity index (χ3v) is 3.85. The van der Waals surface area contributed by atoms with Crippen molar-refractivity contribution in [3.63, 3.8) is 0 Å². The normalized spacial score (nSPS) is 10.8. The van der Waals surface area contributed by atoms with Gasteiger partial charge in [-0.1, -0.05) is 32.6 Å². The monoisotopic (exact) mass is 298 g/mol. The average molecular weight is 298 g/mol. The molecule has 0 fully saturated rings. The lowest BCUT2D eigenvalue weighted by Gasteiger charge is -2.09. The Labute approximate surface area is 133 Å². The Kier molecular flexibility index (Phi) is 6.34. The third-order valence-electron chi connectivity index (χ3n) is 3.85. The highest BCUT2D eigenvalue weighted by atomic mass is 14.8. The van der Waals surface area contributed by atoms with Crippen LogP contribution in [-0.2, 0) is 13.0 Å². The maximum atomic E-state index is 6.07. The van der Waals surface area contributed by atoms with Crippen LogP contribution in [0.25, 0.3) is 11.3 Å². The Balaban J connectivity index is 2.08. The minimum atomic E-state index is 0.486. The lowest BCUT2D eigenvalue weighted by Crippen LogP contribution is -2.01. The SMILES string of the molecule is CCCCCCCc1nc(-c2cncc(CN)c2)ccc1N. The molecule has 0 saturated carbocycles. The van der Waals surface area contributed by atoms with Gasteiger partial charge in [0.2, 0.25) is 0 Å². The number of pyridine rings is 2. The summed E-state index contributed by atoms with van der Waals surface area (Å²) in [5, 5.41) is 0. The van der Waals surface area contributed by atoms with Gasteiger partial charge in [0.05, 0.1) is 17.1 Å². The number of aromatic nitrogens is 2. The molecule has 22 heavy (non-hydrogen) atoms. The van der Waals surface area contributed by atoms with Gasteiger partial charge in [-0.3, -0.25) is 9.97 Å². The van der Waals surface area contributed by atoms with Crippen molar-refractivity contribution in [3.05, 3.63) is 41.9 Å². The molecule has 2 rings (SSSR count). The highest BCUT2D eigenvalue weighted by Gasteiger charge is 2.06. The van der Waals surface area contributed by atoms with Crippen molar-refractivity contribution >= 4 is 5.69 Å². The van der Waals surface area contributed by atoms with E-state index < -0.39 is 0 Å². The van der Waals surface area contributed by atoms with Gasteiger partial charge in [-0.25, -0.2) is 0 Å². The molecule has 0 unspecified atom stereocenters. The van der Waals surface area contributed by atoms with Crippen molar-refractivity contribution < 1.29 is 0 Å². The third kappa shape index (κ3) is 4.53. The predicted molar refractivity (Wildman–Crippen MR) is 92.2 cm³/mol. The summed E-state index contributed by atoms with van der Waals surface area (Å²) in [4.78, 5) is 8.96. The topological polar surface area (TPSA) is 77.8 Å². The lowest BCUT2D eigenvalue weighted by atomic mass is 10.1. The summed E-state index contributed by atoms with van der Waals surface area (Å²) in [5.74, 6) is 0. The zero-order valence-electron chi connectivity index (χ0n) is 13.4. The standard InChI is InChI=1S/C18H26N4/c1-2-3-4-5-6-7-18-16(20)8-9-17(22-18)15-10-14(11-19)12-21-13-15/h8-10,12-13H,2-7,11,19-20H2,1H3. The van der Waals surface area contributed by atoms with Crippen molar-refractivity contribution in [2.45, 2.75) is 52.0 Å². The zero-order valence-corrected chi connectivity index (χ0v) is 13.4. The number of nitrogens with two attached hydrogens (primary N) is 2. The van der Waals surface area contributed by atoms with Crippen molar-refractivity contribution in [3.8, 4) is 11.3 Å². The number of nitrogens with zero attached hydrogens (tertiary/aromatic N) is 2. The zero-order chi connectivity index (χ0) is 15.8. The van der Waals surface area contributed by atoms with Crippen LogP contribution >= 0.6 is 0 Å². The summed E-state index contributed by atoms with van der Waals surface area (Å²) in [6.07, 6.45) is 10.8. The van der Waals surface area contributed by atoms with E-state index >= 15 is 0 Å². The van der Waals surface area contributed by atoms with Crippen molar-refractivity contribution in [2.24, 2.45) is 5.73 Å². The van der Waals surface area contributed by atoms with Gasteiger partial charge in [-0.2, -0.15) is 0 Å². The van der Waals surface area contributed by atoms with Crippen molar-refractivity contribution in [1.29, 1.82) is 0 Å². The largest absolute Gasteiger partial charge is 0.397 e. The number of rotatable bonds is 8. The van der Waals surface area contributed by atoms with Crippen LogP contribution in [0, 0.1) is 0 Å². The summed E-state index contributed by atoms with van der Waals surface area (Å²) in [6, 6.07) is 5.93. The molecule has 4 N–H and O–H groups in total. The average Bonchev–Trinajstić information content (AvgIpc) is 2.56. The molecule has 2 aromatic heterocycles. The molecule has 0 aliphatic heterocycles. The summed E-state index contributed by atoms with van der Waals surface area (Å²) >= 11 is 0. The molecule has 4 heteroatoms. The lowest BCUT2D eigenvalue weighted by molar-refractivity contribution is 0.629. The molecule has 0 aliphatic carbocycles. The van der Waals surface area contributed by atoms with Gasteiger partial charge in [-0.05, 0) is 36.6 Å². The predicted octanol–water partition coefficient (Wildman–Crippen LogP) is 3.70. The molecule has 0 atom stereocenters. The van der Waals surface area contributed by atoms with Crippen LogP contribution in [0.1, 0.15) is 50.3 Å². The van der Waals surface area contributed by atoms with Gasteiger partial charge >= 0.3 is 0 Å². The summed E-state index contributed by atoms with van der Waals surface area (Å²) in [5.41, 5.74) is 16.4. The van der Waals surface area contributed by atoms with Crippen LogP contribution < -0.4 is 11.5 Å². The van der Waals surface area contributed by atoms with Gasteiger partial charge in [0.25, 0.3) is 0 Å². The molecule has 0 saturated heterocycles. The van der Waals surface area contributed by atoms with E-state index in [2.05, 4.69) is 11.9 Å². The van der Waals surface area contributed by atoms with Gasteiger partial charge in [0, 0.05) is 24.5 Å². The maximum absolute atomic E-state index is 6.07. The van der Waals surface area contributed by atoms with Crippen LogP contribution in [0.2, 0.25) is 0 Å². The summed E-state index contributed by atoms with van der Waals surface area (Å²) in [6.45, 7) is 2.71. The number of hydrogen-bond acceptors (Lipinski definition) is 4. The molecular weight excluding hydrogens is 272 g/mol. The fraction of sp³-hybridized carbons (Fsp3) is 0.444. The van der Waals surface area contributed by atoms with Crippen LogP contribution in [0.15, 0.2) is 30.6 Å². The van der Waals surface area contributed by atoms with E-state index in [4.69, 9.17) is 16.5 Å². The summed E-state index contributed by atoms with van der Waals surface area (Å²) in [7, 11) is 0. The smallest absolute Gasteiger partial charge is 0.0722 e. The van der Waals surface area contributed by atoms with Crippen LogP contribution in [-0.4, -0.2) is 9.97 Å². The second kappa shape index (κ2) is 8.49. The van der Waals surface area contributed by atoms with Crippen LogP contribution in [0.5, 0.6) is 0 Å². The Morgan fingerprint density at radius 3 is 2.64 bits per heavy atom. The molecule has 2 aromatic rings. The van der Waals surface area contributed by atoms with Crippen molar-refractivity contribution in [1.82, 2.24) is 9.97 Å². The number of hydrogen-bond donors (Lipinski definition) is 2.